The van der Waals surface area contributed by atoms with Crippen molar-refractivity contribution in [2.24, 2.45) is 0 Å². The largest absolute Gasteiger partial charge is 0.388 e. The summed E-state index contributed by atoms with van der Waals surface area (Å²) in [5, 5.41) is 9.10. The minimum absolute atomic E-state index is 0.0619. The lowest BCUT2D eigenvalue weighted by atomic mass is 10.1. The molecule has 0 aromatic heterocycles. The first kappa shape index (κ1) is 6.52. The molecule has 2 aliphatic heterocycles. The predicted molar refractivity (Wildman–Crippen MR) is 30.4 cm³/mol. The van der Waals surface area contributed by atoms with Crippen molar-refractivity contribution >= 4 is 0 Å². The van der Waals surface area contributed by atoms with Crippen LogP contribution in [0.1, 0.15) is 0 Å². The van der Waals surface area contributed by atoms with Gasteiger partial charge in [0.2, 0.25) is 0 Å². The standard InChI is InChI=1S/C6H9FO3/c7-3-1-9-6-4(8)2-10-5(3)6/h3-6,8H,1-2H2/t3-,4+,5+,6+/m0/s1. The quantitative estimate of drug-likeness (QED) is 0.502. The number of ether oxygens (including phenoxy) is 2. The molecule has 2 saturated heterocycles. The van der Waals surface area contributed by atoms with Crippen LogP contribution in [0.4, 0.5) is 4.39 Å². The molecule has 0 unspecified atom stereocenters. The van der Waals surface area contributed by atoms with E-state index in [0.717, 1.165) is 0 Å². The minimum Gasteiger partial charge on any atom is -0.388 e. The van der Waals surface area contributed by atoms with Gasteiger partial charge in [-0.15, -0.1) is 0 Å². The Kier molecular flexibility index (Phi) is 1.40. The molecule has 3 nitrogen and oxygen atoms in total. The van der Waals surface area contributed by atoms with Crippen LogP contribution in [0.5, 0.6) is 0 Å². The fourth-order valence-corrected chi connectivity index (χ4v) is 1.43. The second-order valence-electron chi connectivity index (χ2n) is 2.68. The molecule has 2 rings (SSSR count). The van der Waals surface area contributed by atoms with E-state index in [1.165, 1.54) is 0 Å². The van der Waals surface area contributed by atoms with E-state index < -0.39 is 24.5 Å². The van der Waals surface area contributed by atoms with Gasteiger partial charge in [-0.25, -0.2) is 4.39 Å². The Morgan fingerprint density at radius 3 is 2.60 bits per heavy atom. The third-order valence-electron chi connectivity index (χ3n) is 1.97. The van der Waals surface area contributed by atoms with Crippen molar-refractivity contribution in [3.63, 3.8) is 0 Å². The average molecular weight is 148 g/mol. The monoisotopic (exact) mass is 148 g/mol. The third-order valence-corrected chi connectivity index (χ3v) is 1.97. The van der Waals surface area contributed by atoms with Gasteiger partial charge < -0.3 is 14.6 Å². The summed E-state index contributed by atoms with van der Waals surface area (Å²) in [5.41, 5.74) is 0. The van der Waals surface area contributed by atoms with Gasteiger partial charge in [-0.1, -0.05) is 0 Å². The topological polar surface area (TPSA) is 38.7 Å². The Morgan fingerprint density at radius 2 is 1.90 bits per heavy atom. The number of fused-ring (bicyclic) bond motifs is 1. The molecule has 0 saturated carbocycles. The number of hydrogen-bond acceptors (Lipinski definition) is 3. The summed E-state index contributed by atoms with van der Waals surface area (Å²) in [5.74, 6) is 0. The van der Waals surface area contributed by atoms with Gasteiger partial charge in [0.15, 0.2) is 6.17 Å². The maximum absolute atomic E-state index is 12.7. The van der Waals surface area contributed by atoms with Gasteiger partial charge in [0.25, 0.3) is 0 Å². The second kappa shape index (κ2) is 2.15. The lowest BCUT2D eigenvalue weighted by Gasteiger charge is -2.08. The average Bonchev–Trinajstić information content (AvgIpc) is 2.41. The summed E-state index contributed by atoms with van der Waals surface area (Å²) in [4.78, 5) is 0. The molecule has 58 valence electrons. The smallest absolute Gasteiger partial charge is 0.152 e. The number of halogens is 1. The molecule has 10 heavy (non-hydrogen) atoms. The Hall–Kier alpha value is -0.190. The second-order valence-corrected chi connectivity index (χ2v) is 2.68. The molecule has 2 fully saturated rings. The van der Waals surface area contributed by atoms with Crippen molar-refractivity contribution in [2.45, 2.75) is 24.5 Å². The first-order valence-electron chi connectivity index (χ1n) is 3.34. The summed E-state index contributed by atoms with van der Waals surface area (Å²) in [7, 11) is 0. The highest BCUT2D eigenvalue weighted by molar-refractivity contribution is 4.94. The van der Waals surface area contributed by atoms with Crippen LogP contribution in [0.2, 0.25) is 0 Å². The van der Waals surface area contributed by atoms with Crippen LogP contribution >= 0.6 is 0 Å². The van der Waals surface area contributed by atoms with Crippen molar-refractivity contribution < 1.29 is 19.0 Å². The molecule has 0 aromatic carbocycles. The van der Waals surface area contributed by atoms with E-state index in [1.54, 1.807) is 0 Å². The summed E-state index contributed by atoms with van der Waals surface area (Å²) in [6.07, 6.45) is -2.63. The molecular formula is C6H9FO3. The number of hydrogen-bond donors (Lipinski definition) is 1. The summed E-state index contributed by atoms with van der Waals surface area (Å²) < 4.78 is 22.6. The first-order valence-corrected chi connectivity index (χ1v) is 3.34. The van der Waals surface area contributed by atoms with Crippen LogP contribution in [-0.4, -0.2) is 42.8 Å². The number of rotatable bonds is 0. The Morgan fingerprint density at radius 1 is 1.20 bits per heavy atom. The molecule has 0 bridgehead atoms. The fourth-order valence-electron chi connectivity index (χ4n) is 1.43. The number of aliphatic hydroxyl groups is 1. The van der Waals surface area contributed by atoms with E-state index in [1.807, 2.05) is 0 Å². The van der Waals surface area contributed by atoms with Gasteiger partial charge in [-0.3, -0.25) is 0 Å². The normalized spacial score (nSPS) is 53.4. The van der Waals surface area contributed by atoms with Gasteiger partial charge in [0.05, 0.1) is 13.2 Å². The van der Waals surface area contributed by atoms with Crippen molar-refractivity contribution in [3.8, 4) is 0 Å². The van der Waals surface area contributed by atoms with Gasteiger partial charge in [-0.2, -0.15) is 0 Å². The minimum atomic E-state index is -1.05. The predicted octanol–water partition coefficient (Wildman–Crippen LogP) is -0.517. The van der Waals surface area contributed by atoms with E-state index in [9.17, 15) is 4.39 Å². The lowest BCUT2D eigenvalue weighted by molar-refractivity contribution is 0.0154. The van der Waals surface area contributed by atoms with E-state index in [2.05, 4.69) is 0 Å². The Bertz CT molecular complexity index is 125. The zero-order valence-corrected chi connectivity index (χ0v) is 5.37. The summed E-state index contributed by atoms with van der Waals surface area (Å²) in [6, 6.07) is 0. The Labute approximate surface area is 57.7 Å². The van der Waals surface area contributed by atoms with Crippen LogP contribution in [0, 0.1) is 0 Å². The van der Waals surface area contributed by atoms with Crippen LogP contribution < -0.4 is 0 Å². The van der Waals surface area contributed by atoms with Gasteiger partial charge >= 0.3 is 0 Å². The van der Waals surface area contributed by atoms with E-state index in [0.29, 0.717) is 0 Å². The van der Waals surface area contributed by atoms with Crippen molar-refractivity contribution in [1.29, 1.82) is 0 Å². The van der Waals surface area contributed by atoms with E-state index in [4.69, 9.17) is 14.6 Å². The van der Waals surface area contributed by atoms with Crippen LogP contribution in [0.3, 0.4) is 0 Å². The van der Waals surface area contributed by atoms with Crippen molar-refractivity contribution in [2.75, 3.05) is 13.2 Å². The molecule has 1 N–H and O–H groups in total. The molecule has 4 atom stereocenters. The fraction of sp³-hybridized carbons (Fsp3) is 1.00. The van der Waals surface area contributed by atoms with Crippen molar-refractivity contribution in [3.05, 3.63) is 0 Å². The molecule has 0 aromatic rings. The van der Waals surface area contributed by atoms with E-state index >= 15 is 0 Å². The highest BCUT2D eigenvalue weighted by Crippen LogP contribution is 2.28. The third kappa shape index (κ3) is 0.761. The van der Waals surface area contributed by atoms with E-state index in [-0.39, 0.29) is 13.2 Å². The zero-order chi connectivity index (χ0) is 7.14. The maximum atomic E-state index is 12.7. The highest BCUT2D eigenvalue weighted by Gasteiger charge is 2.47. The summed E-state index contributed by atoms with van der Waals surface area (Å²) in [6.45, 7) is 0.266. The highest BCUT2D eigenvalue weighted by atomic mass is 19.1. The van der Waals surface area contributed by atoms with Crippen LogP contribution in [0.25, 0.3) is 0 Å². The lowest BCUT2D eigenvalue weighted by Crippen LogP contribution is -2.29. The first-order chi connectivity index (χ1) is 4.79. The molecule has 0 aliphatic carbocycles. The van der Waals surface area contributed by atoms with Gasteiger partial charge in [0, 0.05) is 0 Å². The molecule has 0 spiro atoms. The summed E-state index contributed by atoms with van der Waals surface area (Å²) >= 11 is 0. The molecule has 0 amide bonds. The molecule has 0 radical (unpaired) electrons. The molecular weight excluding hydrogens is 139 g/mol. The maximum Gasteiger partial charge on any atom is 0.152 e. The number of alkyl halides is 1. The van der Waals surface area contributed by atoms with Gasteiger partial charge in [0.1, 0.15) is 18.3 Å². The van der Waals surface area contributed by atoms with Crippen LogP contribution in [0.15, 0.2) is 0 Å². The van der Waals surface area contributed by atoms with Crippen molar-refractivity contribution in [1.82, 2.24) is 0 Å². The van der Waals surface area contributed by atoms with Gasteiger partial charge in [-0.05, 0) is 0 Å². The SMILES string of the molecule is O[C@@H]1CO[C@H]2[C@@H]1OC[C@@H]2F. The number of aliphatic hydroxyl groups excluding tert-OH is 1. The molecule has 2 heterocycles. The van der Waals surface area contributed by atoms with Crippen LogP contribution in [-0.2, 0) is 9.47 Å². The zero-order valence-electron chi connectivity index (χ0n) is 5.37. The Balaban J connectivity index is 2.09. The molecule has 2 aliphatic rings. The molecule has 4 heteroatoms.